The number of hydrogen-bond acceptors (Lipinski definition) is 2. The third kappa shape index (κ3) is 8.22. The van der Waals surface area contributed by atoms with E-state index in [1.54, 1.807) is 0 Å². The molecule has 4 heteroatoms. The van der Waals surface area contributed by atoms with Crippen molar-refractivity contribution in [1.82, 2.24) is 9.13 Å². The van der Waals surface area contributed by atoms with Crippen LogP contribution >= 0.6 is 0 Å². The third-order valence-corrected chi connectivity index (χ3v) is 16.9. The van der Waals surface area contributed by atoms with Gasteiger partial charge in [0.1, 0.15) is 0 Å². The number of benzene rings is 14. The van der Waals surface area contributed by atoms with Gasteiger partial charge in [0.2, 0.25) is 0 Å². The molecule has 0 N–H and O–H groups in total. The van der Waals surface area contributed by atoms with Crippen LogP contribution in [0.4, 0.5) is 34.1 Å². The maximum absolute atomic E-state index is 2.50. The monoisotopic (exact) mass is 1070 g/mol. The Bertz CT molecular complexity index is 5030. The van der Waals surface area contributed by atoms with Gasteiger partial charge >= 0.3 is 0 Å². The van der Waals surface area contributed by atoms with Crippen LogP contribution in [0.2, 0.25) is 0 Å². The molecule has 0 amide bonds. The number of hydrogen-bond donors (Lipinski definition) is 0. The normalized spacial score (nSPS) is 11.6. The molecule has 0 aliphatic rings. The maximum Gasteiger partial charge on any atom is 0.0618 e. The van der Waals surface area contributed by atoms with Crippen LogP contribution in [-0.4, -0.2) is 9.13 Å². The second-order valence-electron chi connectivity index (χ2n) is 21.6. The van der Waals surface area contributed by atoms with E-state index < -0.39 is 0 Å². The van der Waals surface area contributed by atoms with Crippen molar-refractivity contribution in [2.75, 3.05) is 9.80 Å². The number of nitrogens with zero attached hydrogens (tertiary/aromatic N) is 4. The van der Waals surface area contributed by atoms with E-state index >= 15 is 0 Å². The topological polar surface area (TPSA) is 16.3 Å². The molecule has 2 aromatic heterocycles. The summed E-state index contributed by atoms with van der Waals surface area (Å²) >= 11 is 0. The Morgan fingerprint density at radius 3 is 0.917 bits per heavy atom. The van der Waals surface area contributed by atoms with Gasteiger partial charge in [-0.15, -0.1) is 0 Å². The highest BCUT2D eigenvalue weighted by Crippen LogP contribution is 2.50. The summed E-state index contributed by atoms with van der Waals surface area (Å²) in [5.41, 5.74) is 20.6. The molecule has 16 rings (SSSR count). The lowest BCUT2D eigenvalue weighted by molar-refractivity contribution is 1.18. The molecule has 0 spiro atoms. The fourth-order valence-corrected chi connectivity index (χ4v) is 13.1. The molecule has 16 aromatic rings. The third-order valence-electron chi connectivity index (χ3n) is 16.9. The van der Waals surface area contributed by atoms with Crippen LogP contribution in [0, 0.1) is 0 Å². The number of para-hydroxylation sites is 4. The summed E-state index contributed by atoms with van der Waals surface area (Å²) in [6.07, 6.45) is 0. The van der Waals surface area contributed by atoms with Crippen molar-refractivity contribution in [3.8, 4) is 44.8 Å². The van der Waals surface area contributed by atoms with Crippen molar-refractivity contribution >= 4 is 99.3 Å². The summed E-state index contributed by atoms with van der Waals surface area (Å²) in [6.45, 7) is 0. The van der Waals surface area contributed by atoms with Gasteiger partial charge in [-0.2, -0.15) is 0 Å². The summed E-state index contributed by atoms with van der Waals surface area (Å²) in [6, 6.07) is 120. The van der Waals surface area contributed by atoms with Crippen LogP contribution in [0.15, 0.2) is 328 Å². The molecule has 0 saturated heterocycles. The zero-order valence-electron chi connectivity index (χ0n) is 46.0. The summed E-state index contributed by atoms with van der Waals surface area (Å²) in [7, 11) is 0. The Kier molecular flexibility index (Phi) is 11.8. The minimum atomic E-state index is 1.07. The number of anilines is 6. The van der Waals surface area contributed by atoms with E-state index in [-0.39, 0.29) is 0 Å². The van der Waals surface area contributed by atoms with E-state index in [2.05, 4.69) is 347 Å². The molecule has 0 fully saturated rings. The van der Waals surface area contributed by atoms with E-state index in [1.165, 1.54) is 76.7 Å². The van der Waals surface area contributed by atoms with Crippen LogP contribution in [0.5, 0.6) is 0 Å². The maximum atomic E-state index is 2.50. The smallest absolute Gasteiger partial charge is 0.0618 e. The second-order valence-corrected chi connectivity index (χ2v) is 21.6. The van der Waals surface area contributed by atoms with Crippen LogP contribution in [0.3, 0.4) is 0 Å². The molecular formula is C80H54N4. The minimum Gasteiger partial charge on any atom is -0.310 e. The largest absolute Gasteiger partial charge is 0.310 e. The van der Waals surface area contributed by atoms with Crippen LogP contribution in [0.25, 0.3) is 110 Å². The van der Waals surface area contributed by atoms with E-state index in [0.717, 1.165) is 67.4 Å². The highest BCUT2D eigenvalue weighted by molar-refractivity contribution is 6.23. The van der Waals surface area contributed by atoms with Gasteiger partial charge in [0.15, 0.2) is 0 Å². The lowest BCUT2D eigenvalue weighted by Crippen LogP contribution is -2.12. The SMILES string of the molecule is c1ccc(-c2ccc(N(c3ccc(-c4c5ccccc5c(N(c5ccc(-c6ccccc6)cc5)c5ccc6c(c5)c5ccccc5n6-c5ccccc5)c5ccccc45)cc3)c3ccc4c(c3)c3ccccc3n4-c3ccccc3)cc2)cc1. The highest BCUT2D eigenvalue weighted by Gasteiger charge is 2.25. The van der Waals surface area contributed by atoms with E-state index in [4.69, 9.17) is 0 Å². The zero-order chi connectivity index (χ0) is 55.5. The Labute approximate surface area is 487 Å². The lowest BCUT2D eigenvalue weighted by Gasteiger charge is -2.30. The molecule has 0 saturated carbocycles. The van der Waals surface area contributed by atoms with Crippen LogP contribution < -0.4 is 9.80 Å². The van der Waals surface area contributed by atoms with Gasteiger partial charge in [0, 0.05) is 72.1 Å². The second kappa shape index (κ2) is 20.4. The molecule has 394 valence electrons. The van der Waals surface area contributed by atoms with Gasteiger partial charge in [-0.25, -0.2) is 0 Å². The Balaban J connectivity index is 0.868. The predicted octanol–water partition coefficient (Wildman–Crippen LogP) is 22.1. The molecule has 0 bridgehead atoms. The van der Waals surface area contributed by atoms with Gasteiger partial charge in [-0.05, 0) is 153 Å². The average Bonchev–Trinajstić information content (AvgIpc) is 2.55. The van der Waals surface area contributed by atoms with Crippen molar-refractivity contribution < 1.29 is 0 Å². The number of aromatic nitrogens is 2. The first-order chi connectivity index (χ1) is 41.7. The zero-order valence-corrected chi connectivity index (χ0v) is 46.0. The summed E-state index contributed by atoms with van der Waals surface area (Å²) in [5.74, 6) is 0. The Hall–Kier alpha value is -11.2. The van der Waals surface area contributed by atoms with Crippen molar-refractivity contribution in [2.45, 2.75) is 0 Å². The fraction of sp³-hybridized carbons (Fsp3) is 0. The minimum absolute atomic E-state index is 1.07. The average molecular weight is 1070 g/mol. The molecule has 14 aromatic carbocycles. The van der Waals surface area contributed by atoms with Crippen LogP contribution in [0.1, 0.15) is 0 Å². The fourth-order valence-electron chi connectivity index (χ4n) is 13.1. The van der Waals surface area contributed by atoms with E-state index in [9.17, 15) is 0 Å². The molecule has 84 heavy (non-hydrogen) atoms. The molecule has 4 nitrogen and oxygen atoms in total. The Morgan fingerprint density at radius 1 is 0.190 bits per heavy atom. The quantitative estimate of drug-likeness (QED) is 0.120. The standard InChI is InChI=1S/C80H54N4/c1-5-21-55(22-6-1)57-37-43-62(44-38-57)81(65-49-51-77-73(53-65)67-29-17-19-35-75(67)83(77)60-25-9-3-10-26-60)63-47-41-59(42-48-63)79-69-31-13-15-33-71(69)80(72-34-16-14-32-70(72)79)82(64-45-39-58(40-46-64)56-23-7-2-8-24-56)66-50-52-78-74(54-66)68-30-18-20-36-76(68)84(78)61-27-11-4-12-28-61/h1-54H. The summed E-state index contributed by atoms with van der Waals surface area (Å²) in [5, 5.41) is 9.52. The predicted molar refractivity (Wildman–Crippen MR) is 356 cm³/mol. The molecule has 0 atom stereocenters. The highest BCUT2D eigenvalue weighted by atomic mass is 15.2. The molecule has 0 aliphatic heterocycles. The number of rotatable bonds is 11. The Morgan fingerprint density at radius 2 is 0.488 bits per heavy atom. The molecular weight excluding hydrogens is 1020 g/mol. The molecule has 0 radical (unpaired) electrons. The summed E-state index contributed by atoms with van der Waals surface area (Å²) < 4.78 is 4.77. The van der Waals surface area contributed by atoms with E-state index in [1.807, 2.05) is 0 Å². The van der Waals surface area contributed by atoms with Crippen molar-refractivity contribution in [3.05, 3.63) is 328 Å². The first-order valence-electron chi connectivity index (χ1n) is 28.8. The molecule has 0 aliphatic carbocycles. The van der Waals surface area contributed by atoms with Gasteiger partial charge in [-0.1, -0.05) is 218 Å². The summed E-state index contributed by atoms with van der Waals surface area (Å²) in [4.78, 5) is 4.90. The van der Waals surface area contributed by atoms with Gasteiger partial charge in [0.05, 0.1) is 27.8 Å². The van der Waals surface area contributed by atoms with Gasteiger partial charge < -0.3 is 18.9 Å². The lowest BCUT2D eigenvalue weighted by atomic mass is 9.89. The first-order valence-corrected chi connectivity index (χ1v) is 28.8. The van der Waals surface area contributed by atoms with Gasteiger partial charge in [-0.3, -0.25) is 0 Å². The van der Waals surface area contributed by atoms with E-state index in [0.29, 0.717) is 0 Å². The van der Waals surface area contributed by atoms with Crippen molar-refractivity contribution in [2.24, 2.45) is 0 Å². The molecule has 0 unspecified atom stereocenters. The van der Waals surface area contributed by atoms with Crippen LogP contribution in [-0.2, 0) is 0 Å². The number of fused-ring (bicyclic) bond motifs is 8. The van der Waals surface area contributed by atoms with Crippen molar-refractivity contribution in [3.63, 3.8) is 0 Å². The first kappa shape index (κ1) is 48.7. The van der Waals surface area contributed by atoms with Gasteiger partial charge in [0.25, 0.3) is 0 Å². The van der Waals surface area contributed by atoms with Crippen molar-refractivity contribution in [1.29, 1.82) is 0 Å². The molecule has 2 heterocycles.